The van der Waals surface area contributed by atoms with Crippen LogP contribution in [0.5, 0.6) is 0 Å². The summed E-state index contributed by atoms with van der Waals surface area (Å²) in [5, 5.41) is 10.6. The summed E-state index contributed by atoms with van der Waals surface area (Å²) in [4.78, 5) is 22.9. The maximum Gasteiger partial charge on any atom is 0.337 e. The standard InChI is InChI=1S/C10H12O3S/c1-5(2)8(11)9-7(10(12)13)6(3)4-14-9/h4-5H,1-3H3,(H,12,13). The van der Waals surface area contributed by atoms with Crippen molar-refractivity contribution in [3.63, 3.8) is 0 Å². The molecule has 1 aromatic rings. The van der Waals surface area contributed by atoms with E-state index in [2.05, 4.69) is 0 Å². The SMILES string of the molecule is Cc1csc(C(=O)C(C)C)c1C(=O)O. The molecule has 0 saturated heterocycles. The second kappa shape index (κ2) is 3.92. The molecule has 0 aliphatic rings. The first-order valence-corrected chi connectivity index (χ1v) is 5.18. The molecule has 0 aliphatic heterocycles. The number of carbonyl (C=O) groups is 2. The van der Waals surface area contributed by atoms with Crippen LogP contribution in [0.3, 0.4) is 0 Å². The fraction of sp³-hybridized carbons (Fsp3) is 0.400. The van der Waals surface area contributed by atoms with Gasteiger partial charge in [0.2, 0.25) is 0 Å². The lowest BCUT2D eigenvalue weighted by atomic mass is 10.0. The first kappa shape index (κ1) is 10.9. The Hall–Kier alpha value is -1.16. The number of aromatic carboxylic acids is 1. The maximum absolute atomic E-state index is 11.6. The summed E-state index contributed by atoms with van der Waals surface area (Å²) in [6.45, 7) is 5.24. The molecule has 1 rings (SSSR count). The Kier molecular flexibility index (Phi) is 3.06. The van der Waals surface area contributed by atoms with Crippen LogP contribution in [0.15, 0.2) is 5.38 Å². The van der Waals surface area contributed by atoms with Gasteiger partial charge < -0.3 is 5.11 Å². The monoisotopic (exact) mass is 212 g/mol. The van der Waals surface area contributed by atoms with Crippen molar-refractivity contribution in [3.8, 4) is 0 Å². The number of aryl methyl sites for hydroxylation is 1. The molecule has 0 fully saturated rings. The van der Waals surface area contributed by atoms with Crippen molar-refractivity contribution in [1.29, 1.82) is 0 Å². The van der Waals surface area contributed by atoms with Crippen LogP contribution in [0.25, 0.3) is 0 Å². The van der Waals surface area contributed by atoms with E-state index in [9.17, 15) is 9.59 Å². The molecule has 1 N–H and O–H groups in total. The van der Waals surface area contributed by atoms with Gasteiger partial charge in [0, 0.05) is 5.92 Å². The molecule has 1 aromatic heterocycles. The minimum absolute atomic E-state index is 0.0968. The number of ketones is 1. The van der Waals surface area contributed by atoms with E-state index in [1.807, 2.05) is 0 Å². The van der Waals surface area contributed by atoms with Crippen molar-refractivity contribution in [1.82, 2.24) is 0 Å². The Morgan fingerprint density at radius 3 is 2.43 bits per heavy atom. The summed E-state index contributed by atoms with van der Waals surface area (Å²) in [6.07, 6.45) is 0. The maximum atomic E-state index is 11.6. The molecule has 0 radical (unpaired) electrons. The molecule has 0 unspecified atom stereocenters. The normalized spacial score (nSPS) is 10.6. The fourth-order valence-corrected chi connectivity index (χ4v) is 2.28. The van der Waals surface area contributed by atoms with Crippen molar-refractivity contribution < 1.29 is 14.7 Å². The minimum atomic E-state index is -1.02. The zero-order valence-corrected chi connectivity index (χ0v) is 9.14. The van der Waals surface area contributed by atoms with E-state index >= 15 is 0 Å². The lowest BCUT2D eigenvalue weighted by Crippen LogP contribution is -2.11. The average Bonchev–Trinajstić information content (AvgIpc) is 2.45. The third kappa shape index (κ3) is 1.85. The van der Waals surface area contributed by atoms with E-state index in [1.54, 1.807) is 26.2 Å². The molecule has 3 nitrogen and oxygen atoms in total. The molecule has 0 amide bonds. The summed E-state index contributed by atoms with van der Waals surface area (Å²) < 4.78 is 0. The molecule has 14 heavy (non-hydrogen) atoms. The van der Waals surface area contributed by atoms with Crippen molar-refractivity contribution in [3.05, 3.63) is 21.4 Å². The number of thiophene rings is 1. The predicted molar refractivity (Wildman–Crippen MR) is 55.2 cm³/mol. The molecule has 0 aromatic carbocycles. The lowest BCUT2D eigenvalue weighted by Gasteiger charge is -2.02. The highest BCUT2D eigenvalue weighted by molar-refractivity contribution is 7.12. The zero-order valence-electron chi connectivity index (χ0n) is 8.33. The van der Waals surface area contributed by atoms with Crippen LogP contribution in [-0.2, 0) is 0 Å². The summed E-state index contributed by atoms with van der Waals surface area (Å²) in [7, 11) is 0. The van der Waals surface area contributed by atoms with Crippen LogP contribution in [-0.4, -0.2) is 16.9 Å². The van der Waals surface area contributed by atoms with Crippen LogP contribution < -0.4 is 0 Å². The van der Waals surface area contributed by atoms with Gasteiger partial charge in [0.15, 0.2) is 5.78 Å². The van der Waals surface area contributed by atoms with Gasteiger partial charge in [0.1, 0.15) is 0 Å². The first-order chi connectivity index (χ1) is 6.45. The van der Waals surface area contributed by atoms with Crippen LogP contribution in [0.1, 0.15) is 39.4 Å². The number of hydrogen-bond acceptors (Lipinski definition) is 3. The Morgan fingerprint density at radius 1 is 1.43 bits per heavy atom. The highest BCUT2D eigenvalue weighted by Gasteiger charge is 2.22. The highest BCUT2D eigenvalue weighted by Crippen LogP contribution is 2.24. The van der Waals surface area contributed by atoms with E-state index in [0.29, 0.717) is 10.4 Å². The molecule has 0 spiro atoms. The van der Waals surface area contributed by atoms with Gasteiger partial charge in [-0.25, -0.2) is 4.79 Å². The van der Waals surface area contributed by atoms with Gasteiger partial charge >= 0.3 is 5.97 Å². The Morgan fingerprint density at radius 2 is 2.00 bits per heavy atom. The van der Waals surface area contributed by atoms with E-state index in [-0.39, 0.29) is 17.3 Å². The van der Waals surface area contributed by atoms with E-state index in [1.165, 1.54) is 11.3 Å². The highest BCUT2D eigenvalue weighted by atomic mass is 32.1. The van der Waals surface area contributed by atoms with E-state index in [0.717, 1.165) is 0 Å². The van der Waals surface area contributed by atoms with Crippen molar-refractivity contribution >= 4 is 23.1 Å². The molecular weight excluding hydrogens is 200 g/mol. The summed E-state index contributed by atoms with van der Waals surface area (Å²) in [5.41, 5.74) is 0.820. The van der Waals surface area contributed by atoms with Crippen LogP contribution in [0, 0.1) is 12.8 Å². The first-order valence-electron chi connectivity index (χ1n) is 4.30. The molecule has 0 aliphatic carbocycles. The average molecular weight is 212 g/mol. The Labute approximate surface area is 86.4 Å². The Balaban J connectivity index is 3.22. The number of Topliss-reactive ketones (excluding diaryl/α,β-unsaturated/α-hetero) is 1. The van der Waals surface area contributed by atoms with Gasteiger partial charge in [-0.3, -0.25) is 4.79 Å². The summed E-state index contributed by atoms with van der Waals surface area (Å²) >= 11 is 1.21. The number of hydrogen-bond donors (Lipinski definition) is 1. The minimum Gasteiger partial charge on any atom is -0.478 e. The molecule has 4 heteroatoms. The second-order valence-corrected chi connectivity index (χ2v) is 4.33. The molecular formula is C10H12O3S. The van der Waals surface area contributed by atoms with Gasteiger partial charge in [-0.1, -0.05) is 13.8 Å². The quantitative estimate of drug-likeness (QED) is 0.783. The Bertz CT molecular complexity index is 377. The van der Waals surface area contributed by atoms with Crippen molar-refractivity contribution in [2.75, 3.05) is 0 Å². The molecule has 1 heterocycles. The van der Waals surface area contributed by atoms with Gasteiger partial charge in [-0.15, -0.1) is 11.3 Å². The van der Waals surface area contributed by atoms with Crippen LogP contribution in [0.2, 0.25) is 0 Å². The molecule has 0 bridgehead atoms. The van der Waals surface area contributed by atoms with Gasteiger partial charge in [-0.2, -0.15) is 0 Å². The number of carbonyl (C=O) groups excluding carboxylic acids is 1. The fourth-order valence-electron chi connectivity index (χ4n) is 1.15. The zero-order chi connectivity index (χ0) is 10.9. The smallest absolute Gasteiger partial charge is 0.337 e. The molecule has 76 valence electrons. The molecule has 0 saturated carbocycles. The van der Waals surface area contributed by atoms with Crippen LogP contribution in [0.4, 0.5) is 0 Å². The van der Waals surface area contributed by atoms with Crippen molar-refractivity contribution in [2.24, 2.45) is 5.92 Å². The number of carboxylic acids is 1. The van der Waals surface area contributed by atoms with Gasteiger partial charge in [-0.05, 0) is 17.9 Å². The lowest BCUT2D eigenvalue weighted by molar-refractivity contribution is 0.0691. The van der Waals surface area contributed by atoms with Crippen LogP contribution >= 0.6 is 11.3 Å². The van der Waals surface area contributed by atoms with E-state index in [4.69, 9.17) is 5.11 Å². The number of carboxylic acid groups (broad SMARTS) is 1. The topological polar surface area (TPSA) is 54.4 Å². The summed E-state index contributed by atoms with van der Waals surface area (Å²) in [6, 6.07) is 0. The second-order valence-electron chi connectivity index (χ2n) is 3.45. The third-order valence-electron chi connectivity index (χ3n) is 1.94. The third-order valence-corrected chi connectivity index (χ3v) is 3.05. The van der Waals surface area contributed by atoms with Gasteiger partial charge in [0.05, 0.1) is 10.4 Å². The summed E-state index contributed by atoms with van der Waals surface area (Å²) in [5.74, 6) is -1.28. The molecule has 0 atom stereocenters. The van der Waals surface area contributed by atoms with Crippen molar-refractivity contribution in [2.45, 2.75) is 20.8 Å². The van der Waals surface area contributed by atoms with E-state index < -0.39 is 5.97 Å². The van der Waals surface area contributed by atoms with Gasteiger partial charge in [0.25, 0.3) is 0 Å². The largest absolute Gasteiger partial charge is 0.478 e. The predicted octanol–water partition coefficient (Wildman–Crippen LogP) is 2.59. The number of rotatable bonds is 3.